The van der Waals surface area contributed by atoms with Crippen LogP contribution >= 0.6 is 0 Å². The number of methoxy groups -OCH3 is 1. The Morgan fingerprint density at radius 3 is 2.19 bits per heavy atom. The maximum absolute atomic E-state index is 12.5. The van der Waals surface area contributed by atoms with Gasteiger partial charge in [0.25, 0.3) is 0 Å². The van der Waals surface area contributed by atoms with Gasteiger partial charge in [-0.2, -0.15) is 0 Å². The summed E-state index contributed by atoms with van der Waals surface area (Å²) in [4.78, 5) is 12.5. The monoisotopic (exact) mass is 377 g/mol. The molecule has 0 aliphatic carbocycles. The molecule has 0 aliphatic rings. The van der Waals surface area contributed by atoms with E-state index in [2.05, 4.69) is 36.4 Å². The summed E-state index contributed by atoms with van der Waals surface area (Å²) in [6.45, 7) is 6.56. The largest absolute Gasteiger partial charge is 0.468 e. The molecule has 2 unspecified atom stereocenters. The molecule has 2 aromatic rings. The van der Waals surface area contributed by atoms with Gasteiger partial charge >= 0.3 is 5.97 Å². The molecule has 140 valence electrons. The minimum absolute atomic E-state index is 0.305. The Morgan fingerprint density at radius 1 is 1.04 bits per heavy atom. The van der Waals surface area contributed by atoms with Gasteiger partial charge in [-0.25, -0.2) is 0 Å². The molecule has 27 heavy (non-hydrogen) atoms. The van der Waals surface area contributed by atoms with Crippen LogP contribution in [0.4, 0.5) is 5.69 Å². The summed E-state index contributed by atoms with van der Waals surface area (Å²) in [6, 6.07) is 19.3. The van der Waals surface area contributed by atoms with Crippen molar-refractivity contribution < 1.29 is 9.53 Å². The lowest BCUT2D eigenvalue weighted by Crippen LogP contribution is -2.34. The zero-order chi connectivity index (χ0) is 19.7. The van der Waals surface area contributed by atoms with Crippen LogP contribution in [0.5, 0.6) is 0 Å². The second-order valence-corrected chi connectivity index (χ2v) is 12.1. The Balaban J connectivity index is 2.37. The Hall–Kier alpha value is -2.77. The lowest BCUT2D eigenvalue weighted by atomic mass is 9.98. The van der Waals surface area contributed by atoms with E-state index >= 15 is 0 Å². The highest BCUT2D eigenvalue weighted by molar-refractivity contribution is 6.83. The van der Waals surface area contributed by atoms with Gasteiger partial charge in [-0.3, -0.25) is 4.79 Å². The Morgan fingerprint density at radius 2 is 1.63 bits per heavy atom. The lowest BCUT2D eigenvalue weighted by molar-refractivity contribution is -0.143. The van der Waals surface area contributed by atoms with Gasteiger partial charge in [0.2, 0.25) is 0 Å². The highest BCUT2D eigenvalue weighted by atomic mass is 28.3. The first-order valence-corrected chi connectivity index (χ1v) is 12.5. The zero-order valence-corrected chi connectivity index (χ0v) is 17.4. The normalized spacial score (nSPS) is 13.3. The van der Waals surface area contributed by atoms with Crippen LogP contribution < -0.4 is 5.32 Å². The topological polar surface area (TPSA) is 38.3 Å². The first-order valence-electron chi connectivity index (χ1n) is 9.04. The van der Waals surface area contributed by atoms with E-state index in [1.54, 1.807) is 0 Å². The van der Waals surface area contributed by atoms with E-state index < -0.39 is 14.0 Å². The number of benzene rings is 2. The number of hydrogen-bond donors (Lipinski definition) is 1. The van der Waals surface area contributed by atoms with Crippen molar-refractivity contribution in [1.29, 1.82) is 0 Å². The van der Waals surface area contributed by atoms with Crippen LogP contribution in [-0.2, 0) is 9.53 Å². The summed E-state index contributed by atoms with van der Waals surface area (Å²) >= 11 is 0. The first kappa shape index (κ1) is 20.5. The van der Waals surface area contributed by atoms with E-state index in [4.69, 9.17) is 4.74 Å². The Kier molecular flexibility index (Phi) is 7.45. The molecule has 3 nitrogen and oxygen atoms in total. The molecule has 0 fully saturated rings. The van der Waals surface area contributed by atoms with Gasteiger partial charge in [-0.15, -0.1) is 5.54 Å². The summed E-state index contributed by atoms with van der Waals surface area (Å²) in [5.74, 6) is 2.49. The number of hydrogen-bond acceptors (Lipinski definition) is 3. The number of rotatable bonds is 6. The third-order valence-corrected chi connectivity index (χ3v) is 4.72. The lowest BCUT2D eigenvalue weighted by Gasteiger charge is -2.21. The molecule has 2 atom stereocenters. The van der Waals surface area contributed by atoms with Crippen LogP contribution in [0.2, 0.25) is 19.6 Å². The summed E-state index contributed by atoms with van der Waals surface area (Å²) < 4.78 is 5.06. The molecular weight excluding hydrogens is 350 g/mol. The molecule has 2 aromatic carbocycles. The average Bonchev–Trinajstić information content (AvgIpc) is 2.66. The molecule has 0 radical (unpaired) electrons. The van der Waals surface area contributed by atoms with E-state index in [-0.39, 0.29) is 12.0 Å². The number of ether oxygens (including phenoxy) is 1. The fourth-order valence-corrected chi connectivity index (χ4v) is 3.05. The Labute approximate surface area is 163 Å². The summed E-state index contributed by atoms with van der Waals surface area (Å²) in [5, 5.41) is 3.40. The van der Waals surface area contributed by atoms with Gasteiger partial charge < -0.3 is 10.1 Å². The van der Waals surface area contributed by atoms with E-state index in [9.17, 15) is 4.79 Å². The molecule has 0 saturated carbocycles. The van der Waals surface area contributed by atoms with E-state index in [1.165, 1.54) is 7.11 Å². The molecule has 2 rings (SSSR count). The number of para-hydroxylation sites is 1. The van der Waals surface area contributed by atoms with Gasteiger partial charge in [0.05, 0.1) is 7.11 Å². The van der Waals surface area contributed by atoms with Crippen molar-refractivity contribution in [1.82, 2.24) is 0 Å². The van der Waals surface area contributed by atoms with E-state index in [0.717, 1.165) is 11.3 Å². The van der Waals surface area contributed by atoms with Crippen molar-refractivity contribution in [3.8, 4) is 11.5 Å². The molecule has 0 aromatic heterocycles. The van der Waals surface area contributed by atoms with E-state index in [1.807, 2.05) is 72.8 Å². The highest BCUT2D eigenvalue weighted by Gasteiger charge is 2.26. The summed E-state index contributed by atoms with van der Waals surface area (Å²) in [7, 11) is -0.178. The molecule has 4 heteroatoms. The Bertz CT molecular complexity index is 814. The van der Waals surface area contributed by atoms with Gasteiger partial charge in [0.1, 0.15) is 20.0 Å². The smallest absolute Gasteiger partial charge is 0.315 e. The molecule has 0 heterocycles. The third-order valence-electron chi connectivity index (χ3n) is 3.83. The predicted octanol–water partition coefficient (Wildman–Crippen LogP) is 4.85. The van der Waals surface area contributed by atoms with Gasteiger partial charge in [0.15, 0.2) is 0 Å². The first-order chi connectivity index (χ1) is 12.9. The van der Waals surface area contributed by atoms with Gasteiger partial charge in [-0.05, 0) is 17.7 Å². The molecule has 0 bridgehead atoms. The SMILES string of the molecule is COC(=O)C(/C=C/c1ccccc1)C(C#C[Si](C)(C)C)Nc1ccccc1. The second kappa shape index (κ2) is 9.80. The minimum Gasteiger partial charge on any atom is -0.468 e. The van der Waals surface area contributed by atoms with Crippen LogP contribution in [0.3, 0.4) is 0 Å². The third kappa shape index (κ3) is 7.16. The fourth-order valence-electron chi connectivity index (χ4n) is 2.46. The number of carbonyl (C=O) groups is 1. The number of carbonyl (C=O) groups excluding carboxylic acids is 1. The predicted molar refractivity (Wildman–Crippen MR) is 116 cm³/mol. The molecule has 1 N–H and O–H groups in total. The quantitative estimate of drug-likeness (QED) is 0.444. The number of esters is 1. The van der Waals surface area contributed by atoms with Crippen molar-refractivity contribution >= 4 is 25.8 Å². The van der Waals surface area contributed by atoms with Crippen molar-refractivity contribution in [2.45, 2.75) is 25.7 Å². The van der Waals surface area contributed by atoms with Crippen molar-refractivity contribution in [3.05, 3.63) is 72.3 Å². The molecule has 0 spiro atoms. The van der Waals surface area contributed by atoms with E-state index in [0.29, 0.717) is 0 Å². The van der Waals surface area contributed by atoms with Crippen molar-refractivity contribution in [2.75, 3.05) is 12.4 Å². The molecular formula is C23H27NO2Si. The highest BCUT2D eigenvalue weighted by Crippen LogP contribution is 2.17. The van der Waals surface area contributed by atoms with Gasteiger partial charge in [-0.1, -0.05) is 86.2 Å². The fraction of sp³-hybridized carbons (Fsp3) is 0.261. The maximum Gasteiger partial charge on any atom is 0.315 e. The molecule has 0 saturated heterocycles. The minimum atomic E-state index is -1.59. The maximum atomic E-state index is 12.5. The summed E-state index contributed by atoms with van der Waals surface area (Å²) in [5.41, 5.74) is 5.34. The second-order valence-electron chi connectivity index (χ2n) is 7.33. The van der Waals surface area contributed by atoms with Crippen LogP contribution in [0, 0.1) is 17.4 Å². The number of nitrogens with one attached hydrogen (secondary N) is 1. The average molecular weight is 378 g/mol. The van der Waals surface area contributed by atoms with Crippen LogP contribution in [0.1, 0.15) is 5.56 Å². The van der Waals surface area contributed by atoms with Gasteiger partial charge in [0, 0.05) is 5.69 Å². The summed E-state index contributed by atoms with van der Waals surface area (Å²) in [6.07, 6.45) is 3.82. The van der Waals surface area contributed by atoms with Crippen molar-refractivity contribution in [3.63, 3.8) is 0 Å². The standard InChI is InChI=1S/C23H27NO2Si/c1-26-23(25)21(16-15-19-11-7-5-8-12-19)22(17-18-27(2,3)4)24-20-13-9-6-10-14-20/h5-16,21-22,24H,1-4H3/b16-15+. The van der Waals surface area contributed by atoms with Crippen molar-refractivity contribution in [2.24, 2.45) is 5.92 Å². The molecule has 0 amide bonds. The van der Waals surface area contributed by atoms with Crippen LogP contribution in [0.15, 0.2) is 66.7 Å². The van der Waals surface area contributed by atoms with Crippen LogP contribution in [-0.4, -0.2) is 27.2 Å². The molecule has 0 aliphatic heterocycles. The number of anilines is 1. The van der Waals surface area contributed by atoms with Crippen LogP contribution in [0.25, 0.3) is 6.08 Å². The zero-order valence-electron chi connectivity index (χ0n) is 16.4.